The van der Waals surface area contributed by atoms with Crippen LogP contribution in [0.25, 0.3) is 6.08 Å². The zero-order chi connectivity index (χ0) is 22.1. The minimum atomic E-state index is -0.971. The molecule has 2 saturated heterocycles. The van der Waals surface area contributed by atoms with Gasteiger partial charge in [-0.1, -0.05) is 6.07 Å². The highest BCUT2D eigenvalue weighted by Gasteiger charge is 2.30. The van der Waals surface area contributed by atoms with Gasteiger partial charge in [0, 0.05) is 25.8 Å². The number of benzene rings is 2. The van der Waals surface area contributed by atoms with Crippen molar-refractivity contribution in [3.05, 3.63) is 63.6 Å². The summed E-state index contributed by atoms with van der Waals surface area (Å²) < 4.78 is 0. The lowest BCUT2D eigenvalue weighted by Gasteiger charge is -2.18. The van der Waals surface area contributed by atoms with Crippen LogP contribution in [-0.2, 0) is 4.79 Å². The Balaban J connectivity index is 1.59. The van der Waals surface area contributed by atoms with Gasteiger partial charge < -0.3 is 10.0 Å². The number of rotatable bonds is 4. The van der Waals surface area contributed by atoms with Crippen molar-refractivity contribution in [2.24, 2.45) is 4.99 Å². The van der Waals surface area contributed by atoms with Crippen molar-refractivity contribution in [2.45, 2.75) is 26.7 Å². The summed E-state index contributed by atoms with van der Waals surface area (Å²) >= 11 is 1.33. The molecule has 31 heavy (non-hydrogen) atoms. The van der Waals surface area contributed by atoms with Crippen molar-refractivity contribution in [3.8, 4) is 0 Å². The fourth-order valence-electron chi connectivity index (χ4n) is 3.80. The highest BCUT2D eigenvalue weighted by Crippen LogP contribution is 2.35. The van der Waals surface area contributed by atoms with Crippen LogP contribution in [0.15, 0.2) is 46.3 Å². The molecule has 2 aromatic carbocycles. The molecule has 2 aliphatic rings. The van der Waals surface area contributed by atoms with Crippen LogP contribution in [0.3, 0.4) is 0 Å². The molecule has 2 fully saturated rings. The summed E-state index contributed by atoms with van der Waals surface area (Å²) in [4.78, 5) is 33.1. The smallest absolute Gasteiger partial charge is 0.335 e. The molecule has 0 atom stereocenters. The van der Waals surface area contributed by atoms with Gasteiger partial charge in [0.2, 0.25) is 0 Å². The van der Waals surface area contributed by atoms with E-state index in [4.69, 9.17) is 5.11 Å². The minimum absolute atomic E-state index is 0.0911. The van der Waals surface area contributed by atoms with Crippen molar-refractivity contribution in [1.29, 1.82) is 0 Å². The van der Waals surface area contributed by atoms with Crippen LogP contribution in [0.2, 0.25) is 0 Å². The van der Waals surface area contributed by atoms with Crippen LogP contribution in [0.5, 0.6) is 0 Å². The first-order chi connectivity index (χ1) is 14.8. The maximum Gasteiger partial charge on any atom is 0.335 e. The molecule has 2 aliphatic heterocycles. The second kappa shape index (κ2) is 8.59. The Kier molecular flexibility index (Phi) is 5.87. The van der Waals surface area contributed by atoms with E-state index in [9.17, 15) is 9.59 Å². The third-order valence-electron chi connectivity index (χ3n) is 5.67. The van der Waals surface area contributed by atoms with Gasteiger partial charge in [-0.2, -0.15) is 0 Å². The average molecular weight is 436 g/mol. The SMILES string of the molecule is Cc1cc(N2CCCC2)ccc1/C=C1\SC(=Nc2ccc(C(=O)O)cc2C)N(C)C1=O. The van der Waals surface area contributed by atoms with E-state index in [1.807, 2.05) is 13.0 Å². The third kappa shape index (κ3) is 4.37. The molecule has 0 spiro atoms. The summed E-state index contributed by atoms with van der Waals surface area (Å²) in [6, 6.07) is 11.2. The summed E-state index contributed by atoms with van der Waals surface area (Å²) in [5.74, 6) is -1.06. The average Bonchev–Trinajstić information content (AvgIpc) is 3.36. The fraction of sp³-hybridized carbons (Fsp3) is 0.292. The first-order valence-electron chi connectivity index (χ1n) is 10.3. The maximum absolute atomic E-state index is 12.8. The quantitative estimate of drug-likeness (QED) is 0.696. The van der Waals surface area contributed by atoms with E-state index in [0.29, 0.717) is 15.8 Å². The summed E-state index contributed by atoms with van der Waals surface area (Å²) in [5, 5.41) is 9.71. The Labute approximate surface area is 186 Å². The van der Waals surface area contributed by atoms with Crippen molar-refractivity contribution in [1.82, 2.24) is 4.90 Å². The van der Waals surface area contributed by atoms with Gasteiger partial charge in [0.25, 0.3) is 5.91 Å². The highest BCUT2D eigenvalue weighted by atomic mass is 32.2. The van der Waals surface area contributed by atoms with Crippen molar-refractivity contribution in [3.63, 3.8) is 0 Å². The van der Waals surface area contributed by atoms with E-state index in [0.717, 1.165) is 29.8 Å². The molecule has 0 bridgehead atoms. The van der Waals surface area contributed by atoms with E-state index in [1.54, 1.807) is 19.2 Å². The topological polar surface area (TPSA) is 73.2 Å². The largest absolute Gasteiger partial charge is 0.478 e. The number of carboxylic acids is 1. The number of aryl methyl sites for hydroxylation is 2. The predicted octanol–water partition coefficient (Wildman–Crippen LogP) is 4.84. The number of carboxylic acid groups (broad SMARTS) is 1. The highest BCUT2D eigenvalue weighted by molar-refractivity contribution is 8.18. The predicted molar refractivity (Wildman–Crippen MR) is 126 cm³/mol. The van der Waals surface area contributed by atoms with E-state index >= 15 is 0 Å². The number of amides is 1. The lowest BCUT2D eigenvalue weighted by atomic mass is 10.1. The third-order valence-corrected chi connectivity index (χ3v) is 6.73. The second-order valence-corrected chi connectivity index (χ2v) is 8.92. The van der Waals surface area contributed by atoms with Crippen molar-refractivity contribution in [2.75, 3.05) is 25.0 Å². The van der Waals surface area contributed by atoms with Crippen LogP contribution in [0.4, 0.5) is 11.4 Å². The maximum atomic E-state index is 12.8. The molecule has 160 valence electrons. The monoisotopic (exact) mass is 435 g/mol. The summed E-state index contributed by atoms with van der Waals surface area (Å²) in [5.41, 5.74) is 5.02. The number of anilines is 1. The number of hydrogen-bond acceptors (Lipinski definition) is 5. The normalized spacial score (nSPS) is 19.1. The minimum Gasteiger partial charge on any atom is -0.478 e. The van der Waals surface area contributed by atoms with Crippen LogP contribution < -0.4 is 4.90 Å². The summed E-state index contributed by atoms with van der Waals surface area (Å²) in [7, 11) is 1.71. The molecule has 7 heteroatoms. The number of nitrogens with zero attached hydrogens (tertiary/aromatic N) is 3. The van der Waals surface area contributed by atoms with Gasteiger partial charge in [0.1, 0.15) is 0 Å². The molecule has 0 radical (unpaired) electrons. The first kappa shape index (κ1) is 21.2. The number of hydrogen-bond donors (Lipinski definition) is 1. The molecule has 2 aromatic rings. The molecule has 6 nitrogen and oxygen atoms in total. The Morgan fingerprint density at radius 2 is 1.84 bits per heavy atom. The van der Waals surface area contributed by atoms with E-state index in [1.165, 1.54) is 41.3 Å². The Hall–Kier alpha value is -3.06. The van der Waals surface area contributed by atoms with Gasteiger partial charge in [-0.15, -0.1) is 0 Å². The standard InChI is InChI=1S/C24H25N3O3S/c1-15-13-19(27-10-4-5-11-27)8-6-17(15)14-21-22(28)26(3)24(31-21)25-20-9-7-18(23(29)30)12-16(20)2/h6-9,12-14H,4-5,10-11H2,1-3H3,(H,29,30)/b21-14-,25-24?. The van der Waals surface area contributed by atoms with E-state index in [-0.39, 0.29) is 11.5 Å². The summed E-state index contributed by atoms with van der Waals surface area (Å²) in [6.45, 7) is 6.09. The Morgan fingerprint density at radius 1 is 1.10 bits per heavy atom. The molecule has 1 amide bonds. The first-order valence-corrected chi connectivity index (χ1v) is 11.1. The molecule has 0 saturated carbocycles. The Bertz CT molecular complexity index is 1120. The van der Waals surface area contributed by atoms with Crippen LogP contribution in [-0.4, -0.2) is 47.2 Å². The number of aliphatic imine (C=N–C) groups is 1. The number of carbonyl (C=O) groups is 2. The van der Waals surface area contributed by atoms with Gasteiger partial charge >= 0.3 is 5.97 Å². The number of carbonyl (C=O) groups excluding carboxylic acids is 1. The molecule has 0 unspecified atom stereocenters. The molecule has 0 aromatic heterocycles. The van der Waals surface area contributed by atoms with Crippen molar-refractivity contribution >= 4 is 46.3 Å². The van der Waals surface area contributed by atoms with E-state index in [2.05, 4.69) is 35.0 Å². The molecular weight excluding hydrogens is 410 g/mol. The van der Waals surface area contributed by atoms with Gasteiger partial charge in [-0.05, 0) is 91.5 Å². The molecular formula is C24H25N3O3S. The van der Waals surface area contributed by atoms with Crippen molar-refractivity contribution < 1.29 is 14.7 Å². The van der Waals surface area contributed by atoms with E-state index < -0.39 is 5.97 Å². The number of likely N-dealkylation sites (N-methyl/N-ethyl adjacent to an activating group) is 1. The molecule has 1 N–H and O–H groups in total. The van der Waals surface area contributed by atoms with Gasteiger partial charge in [0.15, 0.2) is 5.17 Å². The fourth-order valence-corrected chi connectivity index (χ4v) is 4.77. The number of amidine groups is 1. The number of aromatic carboxylic acids is 1. The second-order valence-electron chi connectivity index (χ2n) is 7.91. The zero-order valence-corrected chi connectivity index (χ0v) is 18.7. The summed E-state index contributed by atoms with van der Waals surface area (Å²) in [6.07, 6.45) is 4.40. The van der Waals surface area contributed by atoms with Crippen LogP contribution in [0.1, 0.15) is 39.9 Å². The van der Waals surface area contributed by atoms with Crippen LogP contribution in [0, 0.1) is 13.8 Å². The van der Waals surface area contributed by atoms with Gasteiger partial charge in [0.05, 0.1) is 16.2 Å². The Morgan fingerprint density at radius 3 is 2.48 bits per heavy atom. The molecule has 4 rings (SSSR count). The zero-order valence-electron chi connectivity index (χ0n) is 17.9. The lowest BCUT2D eigenvalue weighted by molar-refractivity contribution is -0.121. The number of thioether (sulfide) groups is 1. The molecule has 2 heterocycles. The molecule has 0 aliphatic carbocycles. The van der Waals surface area contributed by atoms with Gasteiger partial charge in [-0.3, -0.25) is 9.69 Å². The lowest BCUT2D eigenvalue weighted by Crippen LogP contribution is -2.23. The van der Waals surface area contributed by atoms with Crippen LogP contribution >= 0.6 is 11.8 Å². The van der Waals surface area contributed by atoms with Gasteiger partial charge in [-0.25, -0.2) is 9.79 Å².